The van der Waals surface area contributed by atoms with E-state index in [1.807, 2.05) is 60.7 Å². The van der Waals surface area contributed by atoms with Crippen LogP contribution in [-0.2, 0) is 29.1 Å². The highest BCUT2D eigenvalue weighted by Crippen LogP contribution is 2.28. The molecule has 35 heavy (non-hydrogen) atoms. The molecule has 0 fully saturated rings. The van der Waals surface area contributed by atoms with Gasteiger partial charge in [0.25, 0.3) is 0 Å². The number of rotatable bonds is 11. The number of hydrogen-bond acceptors (Lipinski definition) is 5. The van der Waals surface area contributed by atoms with Gasteiger partial charge in [-0.25, -0.2) is 0 Å². The fourth-order valence-electron chi connectivity index (χ4n) is 3.81. The Morgan fingerprint density at radius 3 is 2.14 bits per heavy atom. The highest BCUT2D eigenvalue weighted by atomic mass is 16.5. The van der Waals surface area contributed by atoms with E-state index in [1.54, 1.807) is 45.3 Å². The zero-order valence-corrected chi connectivity index (χ0v) is 20.6. The van der Waals surface area contributed by atoms with Gasteiger partial charge < -0.3 is 24.4 Å². The van der Waals surface area contributed by atoms with Gasteiger partial charge in [0.2, 0.25) is 11.8 Å². The molecule has 3 rings (SSSR count). The van der Waals surface area contributed by atoms with Crippen molar-refractivity contribution in [2.75, 3.05) is 21.3 Å². The van der Waals surface area contributed by atoms with Crippen LogP contribution >= 0.6 is 0 Å². The maximum Gasteiger partial charge on any atom is 0.242 e. The first kappa shape index (κ1) is 25.6. The molecule has 0 aromatic heterocycles. The molecule has 2 amide bonds. The summed E-state index contributed by atoms with van der Waals surface area (Å²) in [5.74, 6) is 1.43. The van der Waals surface area contributed by atoms with Crippen LogP contribution in [0.2, 0.25) is 0 Å². The first-order chi connectivity index (χ1) is 17.0. The molecule has 1 unspecified atom stereocenters. The second kappa shape index (κ2) is 12.5. The lowest BCUT2D eigenvalue weighted by Crippen LogP contribution is -2.48. The van der Waals surface area contributed by atoms with Crippen LogP contribution in [0.25, 0.3) is 0 Å². The molecule has 0 bridgehead atoms. The Morgan fingerprint density at radius 2 is 1.46 bits per heavy atom. The van der Waals surface area contributed by atoms with E-state index in [4.69, 9.17) is 14.2 Å². The number of benzene rings is 3. The van der Waals surface area contributed by atoms with Gasteiger partial charge in [0.05, 0.1) is 27.8 Å². The summed E-state index contributed by atoms with van der Waals surface area (Å²) in [4.78, 5) is 28.2. The fraction of sp³-hybridized carbons (Fsp3) is 0.286. The van der Waals surface area contributed by atoms with Crippen molar-refractivity contribution in [2.45, 2.75) is 32.5 Å². The van der Waals surface area contributed by atoms with Crippen LogP contribution in [-0.4, -0.2) is 44.1 Å². The maximum atomic E-state index is 13.4. The number of para-hydroxylation sites is 1. The van der Waals surface area contributed by atoms with Crippen LogP contribution in [0, 0.1) is 0 Å². The molecule has 7 nitrogen and oxygen atoms in total. The van der Waals surface area contributed by atoms with Crippen molar-refractivity contribution in [3.05, 3.63) is 89.5 Å². The number of amides is 2. The third kappa shape index (κ3) is 6.76. The monoisotopic (exact) mass is 476 g/mol. The number of carbonyl (C=O) groups is 2. The van der Waals surface area contributed by atoms with Crippen molar-refractivity contribution >= 4 is 11.8 Å². The molecule has 3 aromatic rings. The van der Waals surface area contributed by atoms with E-state index in [2.05, 4.69) is 5.32 Å². The molecule has 1 N–H and O–H groups in total. The van der Waals surface area contributed by atoms with E-state index in [0.29, 0.717) is 30.3 Å². The first-order valence-electron chi connectivity index (χ1n) is 11.4. The summed E-state index contributed by atoms with van der Waals surface area (Å²) in [5.41, 5.74) is 2.58. The number of carbonyl (C=O) groups excluding carboxylic acids is 2. The lowest BCUT2D eigenvalue weighted by atomic mass is 10.1. The molecule has 0 aliphatic rings. The average molecular weight is 477 g/mol. The van der Waals surface area contributed by atoms with Crippen molar-refractivity contribution in [1.29, 1.82) is 0 Å². The molecule has 0 saturated heterocycles. The molecule has 0 spiro atoms. The highest BCUT2D eigenvalue weighted by Gasteiger charge is 2.26. The zero-order chi connectivity index (χ0) is 25.2. The van der Waals surface area contributed by atoms with Crippen LogP contribution in [0.4, 0.5) is 0 Å². The van der Waals surface area contributed by atoms with Crippen molar-refractivity contribution in [1.82, 2.24) is 10.2 Å². The van der Waals surface area contributed by atoms with Crippen LogP contribution in [0.15, 0.2) is 72.8 Å². The normalized spacial score (nSPS) is 11.3. The molecule has 0 aliphatic carbocycles. The third-order valence-electron chi connectivity index (χ3n) is 5.81. The molecule has 3 aromatic carbocycles. The smallest absolute Gasteiger partial charge is 0.242 e. The van der Waals surface area contributed by atoms with E-state index >= 15 is 0 Å². The van der Waals surface area contributed by atoms with Gasteiger partial charge in [0, 0.05) is 18.7 Å². The van der Waals surface area contributed by atoms with Gasteiger partial charge in [-0.1, -0.05) is 54.6 Å². The summed E-state index contributed by atoms with van der Waals surface area (Å²) in [6.45, 7) is 2.36. The van der Waals surface area contributed by atoms with E-state index in [0.717, 1.165) is 16.7 Å². The minimum atomic E-state index is -0.683. The predicted molar refractivity (Wildman–Crippen MR) is 135 cm³/mol. The molecular weight excluding hydrogens is 444 g/mol. The predicted octanol–water partition coefficient (Wildman–Crippen LogP) is 3.99. The van der Waals surface area contributed by atoms with Crippen molar-refractivity contribution in [2.24, 2.45) is 0 Å². The van der Waals surface area contributed by atoms with Gasteiger partial charge >= 0.3 is 0 Å². The minimum Gasteiger partial charge on any atom is -0.496 e. The number of nitrogens with zero attached hydrogens (tertiary/aromatic N) is 1. The fourth-order valence-corrected chi connectivity index (χ4v) is 3.81. The summed E-state index contributed by atoms with van der Waals surface area (Å²) in [6.07, 6.45) is 0.122. The third-order valence-corrected chi connectivity index (χ3v) is 5.81. The van der Waals surface area contributed by atoms with Crippen LogP contribution in [0.1, 0.15) is 23.6 Å². The van der Waals surface area contributed by atoms with Crippen LogP contribution < -0.4 is 19.5 Å². The number of nitrogens with one attached hydrogen (secondary N) is 1. The first-order valence-corrected chi connectivity index (χ1v) is 11.4. The van der Waals surface area contributed by atoms with E-state index < -0.39 is 6.04 Å². The van der Waals surface area contributed by atoms with Crippen LogP contribution in [0.3, 0.4) is 0 Å². The molecule has 0 radical (unpaired) electrons. The Morgan fingerprint density at radius 1 is 0.800 bits per heavy atom. The lowest BCUT2D eigenvalue weighted by Gasteiger charge is -2.29. The van der Waals surface area contributed by atoms with Crippen molar-refractivity contribution < 1.29 is 23.8 Å². The Hall–Kier alpha value is -4.00. The largest absolute Gasteiger partial charge is 0.496 e. The van der Waals surface area contributed by atoms with Crippen molar-refractivity contribution in [3.8, 4) is 17.2 Å². The molecule has 1 atom stereocenters. The van der Waals surface area contributed by atoms with Gasteiger partial charge in [-0.15, -0.1) is 0 Å². The molecule has 0 aliphatic heterocycles. The summed E-state index contributed by atoms with van der Waals surface area (Å²) in [5, 5.41) is 2.94. The Kier molecular flexibility index (Phi) is 9.12. The number of ether oxygens (including phenoxy) is 3. The highest BCUT2D eigenvalue weighted by molar-refractivity contribution is 5.88. The maximum absolute atomic E-state index is 13.4. The molecular formula is C28H32N2O5. The van der Waals surface area contributed by atoms with E-state index in [1.165, 1.54) is 0 Å². The number of methoxy groups -OCH3 is 3. The summed E-state index contributed by atoms with van der Waals surface area (Å²) < 4.78 is 16.0. The molecule has 184 valence electrons. The van der Waals surface area contributed by atoms with E-state index in [9.17, 15) is 9.59 Å². The standard InChI is InChI=1S/C28H32N2O5/c1-20(28(32)29-18-23-12-8-9-13-24(23)33-2)30(19-21-10-6-5-7-11-21)27(31)17-22-14-15-25(34-3)26(16-22)35-4/h5-16,20H,17-19H2,1-4H3,(H,29,32). The van der Waals surface area contributed by atoms with Gasteiger partial charge in [-0.3, -0.25) is 9.59 Å². The Labute approximate surface area is 206 Å². The molecule has 0 heterocycles. The summed E-state index contributed by atoms with van der Waals surface area (Å²) in [7, 11) is 4.71. The topological polar surface area (TPSA) is 77.1 Å². The van der Waals surface area contributed by atoms with Crippen LogP contribution in [0.5, 0.6) is 17.2 Å². The quantitative estimate of drug-likeness (QED) is 0.453. The van der Waals surface area contributed by atoms with Gasteiger partial charge in [0.1, 0.15) is 11.8 Å². The van der Waals surface area contributed by atoms with E-state index in [-0.39, 0.29) is 18.2 Å². The minimum absolute atomic E-state index is 0.122. The Bertz CT molecular complexity index is 1130. The van der Waals surface area contributed by atoms with Crippen molar-refractivity contribution in [3.63, 3.8) is 0 Å². The second-order valence-corrected chi connectivity index (χ2v) is 8.08. The van der Waals surface area contributed by atoms with Gasteiger partial charge in [0.15, 0.2) is 11.5 Å². The summed E-state index contributed by atoms with van der Waals surface area (Å²) >= 11 is 0. The number of hydrogen-bond donors (Lipinski definition) is 1. The lowest BCUT2D eigenvalue weighted by molar-refractivity contribution is -0.140. The zero-order valence-electron chi connectivity index (χ0n) is 20.6. The SMILES string of the molecule is COc1ccccc1CNC(=O)C(C)N(Cc1ccccc1)C(=O)Cc1ccc(OC)c(OC)c1. The molecule has 7 heteroatoms. The Balaban J connectivity index is 1.77. The molecule has 0 saturated carbocycles. The average Bonchev–Trinajstić information content (AvgIpc) is 2.90. The summed E-state index contributed by atoms with van der Waals surface area (Å²) in [6, 6.07) is 21.8. The van der Waals surface area contributed by atoms with Gasteiger partial charge in [-0.05, 0) is 36.2 Å². The van der Waals surface area contributed by atoms with Gasteiger partial charge in [-0.2, -0.15) is 0 Å². The second-order valence-electron chi connectivity index (χ2n) is 8.08.